The van der Waals surface area contributed by atoms with E-state index in [4.69, 9.17) is 5.11 Å². The number of carbonyl (C=O) groups excluding carboxylic acids is 2. The largest absolute Gasteiger partial charge is 0.396 e. The van der Waals surface area contributed by atoms with E-state index in [9.17, 15) is 19.7 Å². The zero-order valence-corrected chi connectivity index (χ0v) is 11.4. The van der Waals surface area contributed by atoms with Gasteiger partial charge in [0.05, 0.1) is 4.92 Å². The fourth-order valence-corrected chi connectivity index (χ4v) is 2.24. The summed E-state index contributed by atoms with van der Waals surface area (Å²) in [7, 11) is 0. The van der Waals surface area contributed by atoms with Crippen LogP contribution in [0.4, 0.5) is 10.5 Å². The molecule has 1 aromatic carbocycles. The number of nitrogens with one attached hydrogen (secondary N) is 1. The standard InChI is InChI=1S/C13H15N3O5/c1-13(9-3-5-10(6-4-9)16(20)21)11(18)15(7-2-8-17)12(19)14-13/h3-6,17H,2,7-8H2,1H3,(H,14,19). The smallest absolute Gasteiger partial charge is 0.325 e. The lowest BCUT2D eigenvalue weighted by Crippen LogP contribution is -2.41. The summed E-state index contributed by atoms with van der Waals surface area (Å²) < 4.78 is 0. The Labute approximate surface area is 120 Å². The van der Waals surface area contributed by atoms with E-state index < -0.39 is 22.4 Å². The maximum atomic E-state index is 12.4. The minimum Gasteiger partial charge on any atom is -0.396 e. The van der Waals surface area contributed by atoms with Crippen molar-refractivity contribution in [1.82, 2.24) is 10.2 Å². The van der Waals surface area contributed by atoms with Crippen LogP contribution in [0.2, 0.25) is 0 Å². The van der Waals surface area contributed by atoms with Crippen LogP contribution >= 0.6 is 0 Å². The molecule has 2 N–H and O–H groups in total. The number of hydrogen-bond acceptors (Lipinski definition) is 5. The van der Waals surface area contributed by atoms with Gasteiger partial charge in [0.15, 0.2) is 0 Å². The van der Waals surface area contributed by atoms with Gasteiger partial charge in [0.25, 0.3) is 11.6 Å². The lowest BCUT2D eigenvalue weighted by molar-refractivity contribution is -0.384. The van der Waals surface area contributed by atoms with E-state index in [1.54, 1.807) is 6.92 Å². The Kier molecular flexibility index (Phi) is 3.90. The third kappa shape index (κ3) is 2.57. The number of carbonyl (C=O) groups is 2. The monoisotopic (exact) mass is 293 g/mol. The molecule has 0 aliphatic carbocycles. The first-order chi connectivity index (χ1) is 9.90. The molecule has 112 valence electrons. The number of amides is 3. The van der Waals surface area contributed by atoms with Crippen LogP contribution in [0.25, 0.3) is 0 Å². The number of aliphatic hydroxyl groups excluding tert-OH is 1. The molecule has 8 nitrogen and oxygen atoms in total. The van der Waals surface area contributed by atoms with Crippen molar-refractivity contribution in [3.05, 3.63) is 39.9 Å². The topological polar surface area (TPSA) is 113 Å². The number of urea groups is 1. The second-order valence-electron chi connectivity index (χ2n) is 4.89. The highest BCUT2D eigenvalue weighted by molar-refractivity contribution is 6.07. The molecular formula is C13H15N3O5. The Bertz CT molecular complexity index is 586. The van der Waals surface area contributed by atoms with Crippen molar-refractivity contribution in [2.45, 2.75) is 18.9 Å². The van der Waals surface area contributed by atoms with Crippen LogP contribution in [0.3, 0.4) is 0 Å². The van der Waals surface area contributed by atoms with Crippen molar-refractivity contribution in [2.24, 2.45) is 0 Å². The van der Waals surface area contributed by atoms with E-state index in [-0.39, 0.29) is 18.8 Å². The molecule has 3 amide bonds. The third-order valence-electron chi connectivity index (χ3n) is 3.47. The Morgan fingerprint density at radius 1 is 1.33 bits per heavy atom. The number of hydrogen-bond donors (Lipinski definition) is 2. The Morgan fingerprint density at radius 2 is 1.95 bits per heavy atom. The molecular weight excluding hydrogens is 278 g/mol. The number of nitro groups is 1. The lowest BCUT2D eigenvalue weighted by atomic mass is 9.92. The van der Waals surface area contributed by atoms with E-state index in [2.05, 4.69) is 5.32 Å². The van der Waals surface area contributed by atoms with Gasteiger partial charge in [-0.3, -0.25) is 19.8 Å². The zero-order chi connectivity index (χ0) is 15.6. The van der Waals surface area contributed by atoms with Crippen LogP contribution in [0, 0.1) is 10.1 Å². The quantitative estimate of drug-likeness (QED) is 0.472. The summed E-state index contributed by atoms with van der Waals surface area (Å²) in [6.07, 6.45) is 0.301. The van der Waals surface area contributed by atoms with Gasteiger partial charge in [0.2, 0.25) is 0 Å². The normalized spacial score (nSPS) is 21.5. The van der Waals surface area contributed by atoms with Gasteiger partial charge >= 0.3 is 6.03 Å². The molecule has 21 heavy (non-hydrogen) atoms. The SMILES string of the molecule is CC1(c2ccc([N+](=O)[O-])cc2)NC(=O)N(CCCO)C1=O. The summed E-state index contributed by atoms with van der Waals surface area (Å²) in [5.74, 6) is -0.435. The average Bonchev–Trinajstić information content (AvgIpc) is 2.68. The van der Waals surface area contributed by atoms with Gasteiger partial charge in [0.1, 0.15) is 5.54 Å². The van der Waals surface area contributed by atoms with Gasteiger partial charge < -0.3 is 10.4 Å². The van der Waals surface area contributed by atoms with Crippen LogP contribution in [-0.4, -0.2) is 40.0 Å². The molecule has 1 aliphatic rings. The number of aliphatic hydroxyl groups is 1. The summed E-state index contributed by atoms with van der Waals surface area (Å²) in [6.45, 7) is 1.56. The number of imide groups is 1. The van der Waals surface area contributed by atoms with Crippen LogP contribution in [-0.2, 0) is 10.3 Å². The molecule has 0 aromatic heterocycles. The number of benzene rings is 1. The molecule has 0 bridgehead atoms. The zero-order valence-electron chi connectivity index (χ0n) is 11.4. The molecule has 0 saturated carbocycles. The molecule has 1 fully saturated rings. The van der Waals surface area contributed by atoms with Crippen molar-refractivity contribution in [1.29, 1.82) is 0 Å². The van der Waals surface area contributed by atoms with Crippen molar-refractivity contribution < 1.29 is 19.6 Å². The highest BCUT2D eigenvalue weighted by atomic mass is 16.6. The summed E-state index contributed by atoms with van der Waals surface area (Å²) in [5, 5.41) is 22.0. The lowest BCUT2D eigenvalue weighted by Gasteiger charge is -2.22. The van der Waals surface area contributed by atoms with Gasteiger partial charge in [0, 0.05) is 25.3 Å². The summed E-state index contributed by atoms with van der Waals surface area (Å²) >= 11 is 0. The third-order valence-corrected chi connectivity index (χ3v) is 3.47. The number of non-ortho nitro benzene ring substituents is 1. The van der Waals surface area contributed by atoms with E-state index in [0.29, 0.717) is 12.0 Å². The van der Waals surface area contributed by atoms with Crippen molar-refractivity contribution in [3.63, 3.8) is 0 Å². The molecule has 1 atom stereocenters. The summed E-state index contributed by atoms with van der Waals surface area (Å²) in [6, 6.07) is 4.94. The molecule has 1 aromatic rings. The van der Waals surface area contributed by atoms with Crippen molar-refractivity contribution in [2.75, 3.05) is 13.2 Å². The maximum absolute atomic E-state index is 12.4. The molecule has 1 saturated heterocycles. The minimum absolute atomic E-state index is 0.0868. The Hall–Kier alpha value is -2.48. The molecule has 1 heterocycles. The first kappa shape index (κ1) is 14.9. The predicted octanol–water partition coefficient (Wildman–Crippen LogP) is 0.744. The molecule has 1 unspecified atom stereocenters. The van der Waals surface area contributed by atoms with E-state index in [0.717, 1.165) is 4.90 Å². The van der Waals surface area contributed by atoms with E-state index >= 15 is 0 Å². The van der Waals surface area contributed by atoms with Crippen LogP contribution < -0.4 is 5.32 Å². The van der Waals surface area contributed by atoms with Gasteiger partial charge in [-0.25, -0.2) is 4.79 Å². The summed E-state index contributed by atoms with van der Waals surface area (Å²) in [4.78, 5) is 35.4. The minimum atomic E-state index is -1.25. The van der Waals surface area contributed by atoms with Crippen LogP contribution in [0.5, 0.6) is 0 Å². The maximum Gasteiger partial charge on any atom is 0.325 e. The predicted molar refractivity (Wildman–Crippen MR) is 72.4 cm³/mol. The fraction of sp³-hybridized carbons (Fsp3) is 0.385. The second-order valence-corrected chi connectivity index (χ2v) is 4.89. The average molecular weight is 293 g/mol. The molecule has 1 aliphatic heterocycles. The number of nitrogens with zero attached hydrogens (tertiary/aromatic N) is 2. The van der Waals surface area contributed by atoms with Gasteiger partial charge in [-0.1, -0.05) is 0 Å². The Morgan fingerprint density at radius 3 is 2.48 bits per heavy atom. The van der Waals surface area contributed by atoms with Crippen molar-refractivity contribution >= 4 is 17.6 Å². The van der Waals surface area contributed by atoms with Gasteiger partial charge in [-0.05, 0) is 31.0 Å². The molecule has 0 radical (unpaired) electrons. The highest BCUT2D eigenvalue weighted by Crippen LogP contribution is 2.29. The van der Waals surface area contributed by atoms with Gasteiger partial charge in [-0.15, -0.1) is 0 Å². The van der Waals surface area contributed by atoms with Crippen LogP contribution in [0.1, 0.15) is 18.9 Å². The number of rotatable bonds is 5. The Balaban J connectivity index is 2.28. The fourth-order valence-electron chi connectivity index (χ4n) is 2.24. The second kappa shape index (κ2) is 5.49. The molecule has 0 spiro atoms. The van der Waals surface area contributed by atoms with Crippen LogP contribution in [0.15, 0.2) is 24.3 Å². The first-order valence-electron chi connectivity index (χ1n) is 6.40. The van der Waals surface area contributed by atoms with E-state index in [1.807, 2.05) is 0 Å². The molecule has 2 rings (SSSR count). The van der Waals surface area contributed by atoms with Crippen molar-refractivity contribution in [3.8, 4) is 0 Å². The number of nitro benzene ring substituents is 1. The highest BCUT2D eigenvalue weighted by Gasteiger charge is 2.48. The van der Waals surface area contributed by atoms with E-state index in [1.165, 1.54) is 24.3 Å². The molecule has 8 heteroatoms. The van der Waals surface area contributed by atoms with Gasteiger partial charge in [-0.2, -0.15) is 0 Å². The first-order valence-corrected chi connectivity index (χ1v) is 6.40. The summed E-state index contributed by atoms with van der Waals surface area (Å²) in [5.41, 5.74) is -0.865.